The van der Waals surface area contributed by atoms with Crippen molar-refractivity contribution in [1.29, 1.82) is 0 Å². The monoisotopic (exact) mass is 216 g/mol. The first-order chi connectivity index (χ1) is 7.74. The van der Waals surface area contributed by atoms with E-state index in [4.69, 9.17) is 0 Å². The van der Waals surface area contributed by atoms with E-state index in [2.05, 4.69) is 6.92 Å². The number of carboxylic acid groups (broad SMARTS) is 1. The molecule has 1 aliphatic carbocycles. The van der Waals surface area contributed by atoms with Crippen molar-refractivity contribution in [3.63, 3.8) is 0 Å². The summed E-state index contributed by atoms with van der Waals surface area (Å²) in [6.45, 7) is 2.09. The second kappa shape index (κ2) is 4.52. The van der Waals surface area contributed by atoms with E-state index in [1.165, 1.54) is 5.56 Å². The maximum absolute atomic E-state index is 11.3. The molecule has 1 aliphatic rings. The smallest absolute Gasteiger partial charge is 0.336 e. The van der Waals surface area contributed by atoms with E-state index in [1.807, 2.05) is 24.3 Å². The van der Waals surface area contributed by atoms with Crippen LogP contribution in [-0.4, -0.2) is 11.1 Å². The van der Waals surface area contributed by atoms with Crippen molar-refractivity contribution in [1.82, 2.24) is 0 Å². The van der Waals surface area contributed by atoms with E-state index in [9.17, 15) is 9.90 Å². The van der Waals surface area contributed by atoms with Crippen molar-refractivity contribution in [2.75, 3.05) is 0 Å². The molecule has 0 unspecified atom stereocenters. The molecule has 0 spiro atoms. The van der Waals surface area contributed by atoms with E-state index >= 15 is 0 Å². The number of aryl methyl sites for hydroxylation is 1. The summed E-state index contributed by atoms with van der Waals surface area (Å²) in [6.07, 6.45) is 3.78. The van der Waals surface area contributed by atoms with E-state index in [0.717, 1.165) is 36.8 Å². The molecule has 0 bridgehead atoms. The molecule has 2 rings (SSSR count). The molecule has 0 aliphatic heterocycles. The molecule has 2 nitrogen and oxygen atoms in total. The lowest BCUT2D eigenvalue weighted by molar-refractivity contribution is -0.130. The summed E-state index contributed by atoms with van der Waals surface area (Å²) in [5.74, 6) is -0.782. The first-order valence-corrected chi connectivity index (χ1v) is 5.77. The molecule has 2 heteroatoms. The molecule has 0 aromatic heterocycles. The minimum atomic E-state index is -0.782. The van der Waals surface area contributed by atoms with Crippen molar-refractivity contribution in [2.24, 2.45) is 0 Å². The van der Waals surface area contributed by atoms with Crippen molar-refractivity contribution in [3.8, 4) is 0 Å². The largest absolute Gasteiger partial charge is 0.478 e. The Kier molecular flexibility index (Phi) is 3.09. The number of rotatable bonds is 3. The molecule has 0 heterocycles. The zero-order valence-corrected chi connectivity index (χ0v) is 9.49. The fourth-order valence-electron chi connectivity index (χ4n) is 2.40. The van der Waals surface area contributed by atoms with Gasteiger partial charge in [0.25, 0.3) is 0 Å². The maximum atomic E-state index is 11.3. The van der Waals surface area contributed by atoms with Gasteiger partial charge in [0.1, 0.15) is 0 Å². The van der Waals surface area contributed by atoms with Crippen LogP contribution in [0.1, 0.15) is 37.3 Å². The van der Waals surface area contributed by atoms with Crippen LogP contribution in [0.15, 0.2) is 29.8 Å². The summed E-state index contributed by atoms with van der Waals surface area (Å²) in [5.41, 5.74) is 3.74. The highest BCUT2D eigenvalue weighted by molar-refractivity contribution is 6.17. The van der Waals surface area contributed by atoms with Crippen molar-refractivity contribution < 1.29 is 9.90 Å². The number of carboxylic acids is 1. The van der Waals surface area contributed by atoms with Crippen molar-refractivity contribution in [3.05, 3.63) is 41.0 Å². The van der Waals surface area contributed by atoms with Crippen LogP contribution in [0.5, 0.6) is 0 Å². The standard InChI is InChI=1S/C14H16O2/c1-2-5-11-9-8-10-6-3-4-7-12(10)13(11)14(15)16/h3-4,6-7H,2,5,8-9H2,1H3,(H,15,16). The molecule has 0 saturated heterocycles. The van der Waals surface area contributed by atoms with Gasteiger partial charge in [0.15, 0.2) is 0 Å². The lowest BCUT2D eigenvalue weighted by Gasteiger charge is -2.20. The quantitative estimate of drug-likeness (QED) is 0.842. The van der Waals surface area contributed by atoms with Crippen molar-refractivity contribution in [2.45, 2.75) is 32.6 Å². The molecule has 0 saturated carbocycles. The van der Waals surface area contributed by atoms with Gasteiger partial charge in [0.05, 0.1) is 5.57 Å². The molecule has 0 fully saturated rings. The fraction of sp³-hybridized carbons (Fsp3) is 0.357. The normalized spacial score (nSPS) is 14.8. The molecule has 1 aromatic carbocycles. The lowest BCUT2D eigenvalue weighted by Crippen LogP contribution is -2.11. The van der Waals surface area contributed by atoms with Crippen LogP contribution in [0.2, 0.25) is 0 Å². The molecule has 1 N–H and O–H groups in total. The number of hydrogen-bond donors (Lipinski definition) is 1. The van der Waals surface area contributed by atoms with Crippen LogP contribution in [0.4, 0.5) is 0 Å². The molecule has 0 radical (unpaired) electrons. The Balaban J connectivity index is 2.53. The van der Waals surface area contributed by atoms with Crippen LogP contribution >= 0.6 is 0 Å². The van der Waals surface area contributed by atoms with Gasteiger partial charge in [-0.2, -0.15) is 0 Å². The Morgan fingerprint density at radius 2 is 2.06 bits per heavy atom. The number of fused-ring (bicyclic) bond motifs is 1. The van der Waals surface area contributed by atoms with Crippen molar-refractivity contribution >= 4 is 11.5 Å². The highest BCUT2D eigenvalue weighted by Crippen LogP contribution is 2.33. The van der Waals surface area contributed by atoms with Crippen LogP contribution in [0.25, 0.3) is 5.57 Å². The highest BCUT2D eigenvalue weighted by Gasteiger charge is 2.22. The van der Waals surface area contributed by atoms with Gasteiger partial charge in [0, 0.05) is 0 Å². The first kappa shape index (κ1) is 10.9. The summed E-state index contributed by atoms with van der Waals surface area (Å²) in [6, 6.07) is 7.84. The SMILES string of the molecule is CCCC1=C(C(=O)O)c2ccccc2CC1. The maximum Gasteiger partial charge on any atom is 0.336 e. The average molecular weight is 216 g/mol. The minimum absolute atomic E-state index is 0.545. The van der Waals surface area contributed by atoms with Gasteiger partial charge in [-0.15, -0.1) is 0 Å². The topological polar surface area (TPSA) is 37.3 Å². The predicted octanol–water partition coefficient (Wildman–Crippen LogP) is 3.27. The Morgan fingerprint density at radius 1 is 1.31 bits per heavy atom. The predicted molar refractivity (Wildman–Crippen MR) is 64.2 cm³/mol. The minimum Gasteiger partial charge on any atom is -0.478 e. The Labute approximate surface area is 95.6 Å². The number of aliphatic carboxylic acids is 1. The van der Waals surface area contributed by atoms with Gasteiger partial charge in [-0.25, -0.2) is 4.79 Å². The molecule has 16 heavy (non-hydrogen) atoms. The zero-order valence-electron chi connectivity index (χ0n) is 9.49. The van der Waals surface area contributed by atoms with Gasteiger partial charge < -0.3 is 5.11 Å². The van der Waals surface area contributed by atoms with Crippen LogP contribution in [-0.2, 0) is 11.2 Å². The third-order valence-corrected chi connectivity index (χ3v) is 3.10. The lowest BCUT2D eigenvalue weighted by atomic mass is 9.84. The average Bonchev–Trinajstić information content (AvgIpc) is 2.28. The third-order valence-electron chi connectivity index (χ3n) is 3.10. The molecular weight excluding hydrogens is 200 g/mol. The number of hydrogen-bond acceptors (Lipinski definition) is 1. The highest BCUT2D eigenvalue weighted by atomic mass is 16.4. The Morgan fingerprint density at radius 3 is 2.75 bits per heavy atom. The number of allylic oxidation sites excluding steroid dienone is 1. The van der Waals surface area contributed by atoms with Crippen LogP contribution in [0, 0.1) is 0 Å². The summed E-state index contributed by atoms with van der Waals surface area (Å²) in [4.78, 5) is 11.3. The summed E-state index contributed by atoms with van der Waals surface area (Å²) < 4.78 is 0. The number of carbonyl (C=O) groups is 1. The second-order valence-corrected chi connectivity index (χ2v) is 4.19. The second-order valence-electron chi connectivity index (χ2n) is 4.19. The Hall–Kier alpha value is -1.57. The van der Waals surface area contributed by atoms with E-state index in [-0.39, 0.29) is 0 Å². The third kappa shape index (κ3) is 1.87. The summed E-state index contributed by atoms with van der Waals surface area (Å²) in [5, 5.41) is 9.32. The van der Waals surface area contributed by atoms with Crippen LogP contribution in [0.3, 0.4) is 0 Å². The first-order valence-electron chi connectivity index (χ1n) is 5.77. The summed E-state index contributed by atoms with van der Waals surface area (Å²) in [7, 11) is 0. The van der Waals surface area contributed by atoms with E-state index in [0.29, 0.717) is 5.57 Å². The van der Waals surface area contributed by atoms with Gasteiger partial charge in [-0.05, 0) is 30.4 Å². The zero-order chi connectivity index (χ0) is 11.5. The summed E-state index contributed by atoms with van der Waals surface area (Å²) >= 11 is 0. The molecule has 0 atom stereocenters. The van der Waals surface area contributed by atoms with E-state index in [1.54, 1.807) is 0 Å². The van der Waals surface area contributed by atoms with Gasteiger partial charge in [-0.3, -0.25) is 0 Å². The van der Waals surface area contributed by atoms with E-state index < -0.39 is 5.97 Å². The molecular formula is C14H16O2. The fourth-order valence-corrected chi connectivity index (χ4v) is 2.40. The number of benzene rings is 1. The molecule has 0 amide bonds. The molecule has 84 valence electrons. The van der Waals surface area contributed by atoms with Gasteiger partial charge >= 0.3 is 5.97 Å². The van der Waals surface area contributed by atoms with Gasteiger partial charge in [-0.1, -0.05) is 43.2 Å². The molecule has 1 aromatic rings. The van der Waals surface area contributed by atoms with Gasteiger partial charge in [0.2, 0.25) is 0 Å². The Bertz CT molecular complexity index is 444. The van der Waals surface area contributed by atoms with Crippen LogP contribution < -0.4 is 0 Å².